The van der Waals surface area contributed by atoms with Crippen molar-refractivity contribution in [3.8, 4) is 0 Å². The molecule has 102 valence electrons. The van der Waals surface area contributed by atoms with Crippen LogP contribution >= 0.6 is 15.9 Å². The van der Waals surface area contributed by atoms with Crippen molar-refractivity contribution >= 4 is 43.9 Å². The zero-order valence-electron chi connectivity index (χ0n) is 11.1. The number of fused-ring (bicyclic) bond motifs is 2. The number of pyridine rings is 1. The second kappa shape index (κ2) is 4.90. The number of benzene rings is 2. The first-order valence-corrected chi connectivity index (χ1v) is 7.47. The van der Waals surface area contributed by atoms with Gasteiger partial charge in [0.25, 0.3) is 0 Å². The van der Waals surface area contributed by atoms with E-state index in [0.29, 0.717) is 0 Å². The maximum Gasteiger partial charge on any atom is 0.138 e. The first-order valence-electron chi connectivity index (χ1n) is 6.68. The molecule has 0 saturated heterocycles. The van der Waals surface area contributed by atoms with Crippen molar-refractivity contribution in [2.75, 3.05) is 5.32 Å². The molecule has 0 amide bonds. The molecule has 0 bridgehead atoms. The second-order valence-corrected chi connectivity index (χ2v) is 5.82. The van der Waals surface area contributed by atoms with Crippen molar-refractivity contribution in [1.29, 1.82) is 0 Å². The standard InChI is InChI=1S/C17H12BrN3/c18-14-6-8-16-19-10-17(21(16)11-14)20-15-7-5-12-3-1-2-4-13(12)9-15/h1-11,20H. The van der Waals surface area contributed by atoms with E-state index >= 15 is 0 Å². The lowest BCUT2D eigenvalue weighted by molar-refractivity contribution is 1.17. The van der Waals surface area contributed by atoms with Gasteiger partial charge in [-0.3, -0.25) is 4.40 Å². The summed E-state index contributed by atoms with van der Waals surface area (Å²) < 4.78 is 3.05. The summed E-state index contributed by atoms with van der Waals surface area (Å²) in [7, 11) is 0. The highest BCUT2D eigenvalue weighted by Gasteiger charge is 2.04. The van der Waals surface area contributed by atoms with Crippen molar-refractivity contribution in [1.82, 2.24) is 9.38 Å². The normalized spacial score (nSPS) is 11.1. The van der Waals surface area contributed by atoms with E-state index in [1.165, 1.54) is 10.8 Å². The molecule has 0 spiro atoms. The van der Waals surface area contributed by atoms with Gasteiger partial charge in [-0.05, 0) is 51.0 Å². The summed E-state index contributed by atoms with van der Waals surface area (Å²) in [6.45, 7) is 0. The first-order chi connectivity index (χ1) is 10.3. The Morgan fingerprint density at radius 2 is 1.81 bits per heavy atom. The van der Waals surface area contributed by atoms with E-state index in [1.807, 2.05) is 28.9 Å². The third kappa shape index (κ3) is 2.28. The molecule has 0 atom stereocenters. The minimum absolute atomic E-state index is 0.918. The van der Waals surface area contributed by atoms with Gasteiger partial charge in [0.05, 0.1) is 6.20 Å². The van der Waals surface area contributed by atoms with Crippen LogP contribution in [-0.4, -0.2) is 9.38 Å². The molecule has 1 N–H and O–H groups in total. The highest BCUT2D eigenvalue weighted by molar-refractivity contribution is 9.10. The number of aromatic nitrogens is 2. The summed E-state index contributed by atoms with van der Waals surface area (Å²) in [6, 6.07) is 18.7. The fraction of sp³-hybridized carbons (Fsp3) is 0. The fourth-order valence-electron chi connectivity index (χ4n) is 2.46. The number of halogens is 1. The van der Waals surface area contributed by atoms with Gasteiger partial charge in [0, 0.05) is 16.4 Å². The lowest BCUT2D eigenvalue weighted by Gasteiger charge is -2.07. The quantitative estimate of drug-likeness (QED) is 0.558. The SMILES string of the molecule is Brc1ccc2ncc(Nc3ccc4ccccc4c3)n2c1. The molecule has 2 aromatic heterocycles. The van der Waals surface area contributed by atoms with Crippen LogP contribution in [0.2, 0.25) is 0 Å². The molecule has 2 aromatic carbocycles. The van der Waals surface area contributed by atoms with Gasteiger partial charge in [-0.2, -0.15) is 0 Å². The first kappa shape index (κ1) is 12.4. The third-order valence-electron chi connectivity index (χ3n) is 3.49. The lowest BCUT2D eigenvalue weighted by atomic mass is 10.1. The molecular formula is C17H12BrN3. The van der Waals surface area contributed by atoms with Gasteiger partial charge in [-0.1, -0.05) is 30.3 Å². The minimum Gasteiger partial charge on any atom is -0.340 e. The van der Waals surface area contributed by atoms with E-state index in [4.69, 9.17) is 0 Å². The smallest absolute Gasteiger partial charge is 0.138 e. The van der Waals surface area contributed by atoms with Crippen LogP contribution in [-0.2, 0) is 0 Å². The average Bonchev–Trinajstić information content (AvgIpc) is 2.89. The van der Waals surface area contributed by atoms with E-state index in [2.05, 4.69) is 68.7 Å². The Hall–Kier alpha value is -2.33. The third-order valence-corrected chi connectivity index (χ3v) is 3.96. The van der Waals surface area contributed by atoms with Crippen LogP contribution < -0.4 is 5.32 Å². The van der Waals surface area contributed by atoms with Crippen molar-refractivity contribution in [2.45, 2.75) is 0 Å². The van der Waals surface area contributed by atoms with E-state index in [-0.39, 0.29) is 0 Å². The van der Waals surface area contributed by atoms with Crippen LogP contribution in [0, 0.1) is 0 Å². The van der Waals surface area contributed by atoms with Crippen LogP contribution in [0.1, 0.15) is 0 Å². The topological polar surface area (TPSA) is 29.3 Å². The fourth-order valence-corrected chi connectivity index (χ4v) is 2.80. The van der Waals surface area contributed by atoms with E-state index < -0.39 is 0 Å². The molecule has 0 aliphatic heterocycles. The summed E-state index contributed by atoms with van der Waals surface area (Å²) in [6.07, 6.45) is 3.85. The summed E-state index contributed by atoms with van der Waals surface area (Å²) in [4.78, 5) is 4.40. The largest absolute Gasteiger partial charge is 0.340 e. The van der Waals surface area contributed by atoms with E-state index in [9.17, 15) is 0 Å². The van der Waals surface area contributed by atoms with E-state index in [0.717, 1.165) is 21.6 Å². The predicted octanol–water partition coefficient (Wildman–Crippen LogP) is 4.99. The predicted molar refractivity (Wildman–Crippen MR) is 90.1 cm³/mol. The molecule has 3 nitrogen and oxygen atoms in total. The maximum atomic E-state index is 4.40. The van der Waals surface area contributed by atoms with Crippen molar-refractivity contribution in [2.24, 2.45) is 0 Å². The zero-order valence-corrected chi connectivity index (χ0v) is 12.7. The average molecular weight is 338 g/mol. The summed E-state index contributed by atoms with van der Waals surface area (Å²) in [5.74, 6) is 0.946. The van der Waals surface area contributed by atoms with Crippen molar-refractivity contribution in [3.05, 3.63) is 71.5 Å². The molecule has 2 heterocycles. The number of rotatable bonds is 2. The number of anilines is 2. The van der Waals surface area contributed by atoms with Crippen LogP contribution in [0.15, 0.2) is 71.5 Å². The molecule has 4 heteroatoms. The van der Waals surface area contributed by atoms with Crippen LogP contribution in [0.4, 0.5) is 11.5 Å². The van der Waals surface area contributed by atoms with Gasteiger partial charge in [0.15, 0.2) is 0 Å². The molecule has 4 rings (SSSR count). The molecular weight excluding hydrogens is 326 g/mol. The number of hydrogen-bond donors (Lipinski definition) is 1. The Morgan fingerprint density at radius 3 is 2.71 bits per heavy atom. The molecule has 0 saturated carbocycles. The number of nitrogens with zero attached hydrogens (tertiary/aromatic N) is 2. The molecule has 0 aliphatic rings. The minimum atomic E-state index is 0.918. The van der Waals surface area contributed by atoms with Gasteiger partial charge in [0.2, 0.25) is 0 Å². The Balaban J connectivity index is 1.77. The van der Waals surface area contributed by atoms with Gasteiger partial charge in [0.1, 0.15) is 11.5 Å². The summed E-state index contributed by atoms with van der Waals surface area (Å²) in [5, 5.41) is 5.89. The molecule has 4 aromatic rings. The van der Waals surface area contributed by atoms with Crippen LogP contribution in [0.25, 0.3) is 16.4 Å². The molecule has 21 heavy (non-hydrogen) atoms. The van der Waals surface area contributed by atoms with Gasteiger partial charge in [-0.25, -0.2) is 4.98 Å². The van der Waals surface area contributed by atoms with Crippen molar-refractivity contribution < 1.29 is 0 Å². The maximum absolute atomic E-state index is 4.40. The van der Waals surface area contributed by atoms with Gasteiger partial charge in [-0.15, -0.1) is 0 Å². The Bertz CT molecular complexity index is 943. The lowest BCUT2D eigenvalue weighted by Crippen LogP contribution is -1.95. The van der Waals surface area contributed by atoms with Crippen LogP contribution in [0.3, 0.4) is 0 Å². The molecule has 0 fully saturated rings. The molecule has 0 aliphatic carbocycles. The van der Waals surface area contributed by atoms with E-state index in [1.54, 1.807) is 0 Å². The van der Waals surface area contributed by atoms with Crippen LogP contribution in [0.5, 0.6) is 0 Å². The highest BCUT2D eigenvalue weighted by atomic mass is 79.9. The molecule has 0 unspecified atom stereocenters. The number of nitrogens with one attached hydrogen (secondary N) is 1. The number of imidazole rings is 1. The summed E-state index contributed by atoms with van der Waals surface area (Å²) in [5.41, 5.74) is 1.97. The zero-order chi connectivity index (χ0) is 14.2. The van der Waals surface area contributed by atoms with Gasteiger partial charge >= 0.3 is 0 Å². The summed E-state index contributed by atoms with van der Waals surface area (Å²) >= 11 is 3.49. The Morgan fingerprint density at radius 1 is 0.952 bits per heavy atom. The monoisotopic (exact) mass is 337 g/mol. The highest BCUT2D eigenvalue weighted by Crippen LogP contribution is 2.23. The number of hydrogen-bond acceptors (Lipinski definition) is 2. The second-order valence-electron chi connectivity index (χ2n) is 4.91. The van der Waals surface area contributed by atoms with Crippen molar-refractivity contribution in [3.63, 3.8) is 0 Å². The van der Waals surface area contributed by atoms with Gasteiger partial charge < -0.3 is 5.32 Å². The Labute approximate surface area is 130 Å². The molecule has 0 radical (unpaired) electrons. The Kier molecular flexibility index (Phi) is 2.89.